The molecule has 162 valence electrons. The second-order valence-corrected chi connectivity index (χ2v) is 7.03. The highest BCUT2D eigenvalue weighted by Gasteiger charge is 2.10. The first kappa shape index (κ1) is 22.4. The minimum Gasteiger partial charge on any atom is -0.497 e. The Bertz CT molecular complexity index is 1140. The molecule has 0 radical (unpaired) electrons. The van der Waals surface area contributed by atoms with E-state index >= 15 is 0 Å². The summed E-state index contributed by atoms with van der Waals surface area (Å²) in [6, 6.07) is 22.0. The summed E-state index contributed by atoms with van der Waals surface area (Å²) in [5, 5.41) is 12.1. The smallest absolute Gasteiger partial charge is 0.266 e. The molecule has 1 N–H and O–H groups in total. The lowest BCUT2D eigenvalue weighted by Gasteiger charge is -2.12. The standard InChI is InChI=1S/C26H24N2O4/c1-18-4-8-22(9-5-18)28-26(29)20(16-27)14-19-6-10-23(11-7-19)32-17-21-15-24(30-2)12-13-25(21)31-3/h4-15H,17H2,1-3H3,(H,28,29)/b20-14+. The molecule has 0 heterocycles. The normalized spacial score (nSPS) is 10.8. The van der Waals surface area contributed by atoms with Crippen molar-refractivity contribution >= 4 is 17.7 Å². The van der Waals surface area contributed by atoms with Crippen molar-refractivity contribution in [2.24, 2.45) is 0 Å². The van der Waals surface area contributed by atoms with Crippen molar-refractivity contribution in [1.82, 2.24) is 0 Å². The number of methoxy groups -OCH3 is 2. The van der Waals surface area contributed by atoms with E-state index in [-0.39, 0.29) is 5.57 Å². The van der Waals surface area contributed by atoms with E-state index in [1.165, 1.54) is 0 Å². The Kier molecular flexibility index (Phi) is 7.50. The van der Waals surface area contributed by atoms with Crippen LogP contribution >= 0.6 is 0 Å². The maximum Gasteiger partial charge on any atom is 0.266 e. The molecule has 0 aromatic heterocycles. The molecule has 0 atom stereocenters. The lowest BCUT2D eigenvalue weighted by Crippen LogP contribution is -2.13. The highest BCUT2D eigenvalue weighted by molar-refractivity contribution is 6.09. The summed E-state index contributed by atoms with van der Waals surface area (Å²) in [6.07, 6.45) is 1.54. The zero-order chi connectivity index (χ0) is 22.9. The van der Waals surface area contributed by atoms with Crippen molar-refractivity contribution in [3.8, 4) is 23.3 Å². The van der Waals surface area contributed by atoms with Crippen LogP contribution in [0.2, 0.25) is 0 Å². The number of hydrogen-bond donors (Lipinski definition) is 1. The first-order valence-corrected chi connectivity index (χ1v) is 9.96. The fourth-order valence-electron chi connectivity index (χ4n) is 2.97. The third-order valence-corrected chi connectivity index (χ3v) is 4.75. The minimum absolute atomic E-state index is 0.0142. The topological polar surface area (TPSA) is 80.6 Å². The van der Waals surface area contributed by atoms with Gasteiger partial charge >= 0.3 is 0 Å². The summed E-state index contributed by atoms with van der Waals surface area (Å²) in [7, 11) is 3.21. The number of rotatable bonds is 8. The van der Waals surface area contributed by atoms with Crippen LogP contribution < -0.4 is 19.5 Å². The largest absolute Gasteiger partial charge is 0.497 e. The summed E-state index contributed by atoms with van der Waals surface area (Å²) >= 11 is 0. The Morgan fingerprint density at radius 3 is 2.28 bits per heavy atom. The van der Waals surface area contributed by atoms with Crippen molar-refractivity contribution < 1.29 is 19.0 Å². The Balaban J connectivity index is 1.66. The fraction of sp³-hybridized carbons (Fsp3) is 0.154. The number of nitriles is 1. The van der Waals surface area contributed by atoms with E-state index in [1.54, 1.807) is 56.7 Å². The minimum atomic E-state index is -0.457. The molecule has 6 heteroatoms. The summed E-state index contributed by atoms with van der Waals surface area (Å²) in [4.78, 5) is 12.4. The van der Waals surface area contributed by atoms with Gasteiger partial charge in [-0.1, -0.05) is 29.8 Å². The number of benzene rings is 3. The van der Waals surface area contributed by atoms with Crippen LogP contribution in [0.3, 0.4) is 0 Å². The molecule has 1 amide bonds. The predicted molar refractivity (Wildman–Crippen MR) is 124 cm³/mol. The van der Waals surface area contributed by atoms with Gasteiger partial charge in [-0.15, -0.1) is 0 Å². The molecular weight excluding hydrogens is 404 g/mol. The van der Waals surface area contributed by atoms with Crippen LogP contribution in [-0.2, 0) is 11.4 Å². The Morgan fingerprint density at radius 1 is 0.969 bits per heavy atom. The van der Waals surface area contributed by atoms with Gasteiger partial charge < -0.3 is 19.5 Å². The summed E-state index contributed by atoms with van der Waals surface area (Å²) in [5.41, 5.74) is 3.31. The number of nitrogens with zero attached hydrogens (tertiary/aromatic N) is 1. The van der Waals surface area contributed by atoms with E-state index < -0.39 is 5.91 Å². The highest BCUT2D eigenvalue weighted by atomic mass is 16.5. The maximum atomic E-state index is 12.4. The maximum absolute atomic E-state index is 12.4. The molecule has 0 fully saturated rings. The van der Waals surface area contributed by atoms with Crippen LogP contribution in [0.4, 0.5) is 5.69 Å². The van der Waals surface area contributed by atoms with Gasteiger partial charge in [0.05, 0.1) is 14.2 Å². The van der Waals surface area contributed by atoms with Crippen molar-refractivity contribution in [1.29, 1.82) is 5.26 Å². The van der Waals surface area contributed by atoms with E-state index in [4.69, 9.17) is 14.2 Å². The number of amides is 1. The van der Waals surface area contributed by atoms with Gasteiger partial charge in [0.2, 0.25) is 0 Å². The van der Waals surface area contributed by atoms with Crippen LogP contribution in [0.1, 0.15) is 16.7 Å². The zero-order valence-electron chi connectivity index (χ0n) is 18.2. The zero-order valence-corrected chi connectivity index (χ0v) is 18.2. The van der Waals surface area contributed by atoms with Crippen molar-refractivity contribution in [2.45, 2.75) is 13.5 Å². The van der Waals surface area contributed by atoms with Gasteiger partial charge in [-0.25, -0.2) is 0 Å². The van der Waals surface area contributed by atoms with Gasteiger partial charge in [-0.3, -0.25) is 4.79 Å². The third kappa shape index (κ3) is 5.89. The first-order chi connectivity index (χ1) is 15.5. The Morgan fingerprint density at radius 2 is 1.66 bits per heavy atom. The molecule has 0 aliphatic rings. The molecule has 3 aromatic carbocycles. The van der Waals surface area contributed by atoms with E-state index in [9.17, 15) is 10.1 Å². The number of nitrogens with one attached hydrogen (secondary N) is 1. The monoisotopic (exact) mass is 428 g/mol. The number of carbonyl (C=O) groups is 1. The second-order valence-electron chi connectivity index (χ2n) is 7.03. The Labute approximate surface area is 187 Å². The van der Waals surface area contributed by atoms with Gasteiger partial charge in [0.25, 0.3) is 5.91 Å². The van der Waals surface area contributed by atoms with E-state index in [0.717, 1.165) is 16.9 Å². The number of hydrogen-bond acceptors (Lipinski definition) is 5. The molecule has 0 bridgehead atoms. The predicted octanol–water partition coefficient (Wildman–Crippen LogP) is 5.14. The Hall–Kier alpha value is -4.24. The molecule has 6 nitrogen and oxygen atoms in total. The first-order valence-electron chi connectivity index (χ1n) is 9.96. The van der Waals surface area contributed by atoms with Gasteiger partial charge in [0.15, 0.2) is 0 Å². The van der Waals surface area contributed by atoms with Crippen LogP contribution in [0.15, 0.2) is 72.3 Å². The lowest BCUT2D eigenvalue weighted by atomic mass is 10.1. The van der Waals surface area contributed by atoms with Crippen LogP contribution in [0.5, 0.6) is 17.2 Å². The molecule has 0 aliphatic carbocycles. The van der Waals surface area contributed by atoms with E-state index in [0.29, 0.717) is 29.4 Å². The fourth-order valence-corrected chi connectivity index (χ4v) is 2.97. The molecule has 3 aromatic rings. The van der Waals surface area contributed by atoms with Crippen molar-refractivity contribution in [3.63, 3.8) is 0 Å². The number of anilines is 1. The van der Waals surface area contributed by atoms with Crippen LogP contribution in [-0.4, -0.2) is 20.1 Å². The molecule has 0 saturated heterocycles. The molecule has 32 heavy (non-hydrogen) atoms. The van der Waals surface area contributed by atoms with E-state index in [2.05, 4.69) is 5.32 Å². The summed E-state index contributed by atoms with van der Waals surface area (Å²) < 4.78 is 16.5. The molecule has 0 spiro atoms. The third-order valence-electron chi connectivity index (χ3n) is 4.75. The second kappa shape index (κ2) is 10.7. The highest BCUT2D eigenvalue weighted by Crippen LogP contribution is 2.26. The quantitative estimate of drug-likeness (QED) is 0.397. The van der Waals surface area contributed by atoms with Crippen molar-refractivity contribution in [3.05, 3.63) is 89.0 Å². The molecule has 0 unspecified atom stereocenters. The average Bonchev–Trinajstić information content (AvgIpc) is 2.83. The van der Waals surface area contributed by atoms with Gasteiger partial charge in [0, 0.05) is 11.3 Å². The van der Waals surface area contributed by atoms with Gasteiger partial charge in [-0.2, -0.15) is 5.26 Å². The van der Waals surface area contributed by atoms with Gasteiger partial charge in [-0.05, 0) is 61.0 Å². The van der Waals surface area contributed by atoms with E-state index in [1.807, 2.05) is 43.3 Å². The summed E-state index contributed by atoms with van der Waals surface area (Å²) in [6.45, 7) is 2.27. The number of ether oxygens (including phenoxy) is 3. The number of aryl methyl sites for hydroxylation is 1. The van der Waals surface area contributed by atoms with Gasteiger partial charge in [0.1, 0.15) is 35.5 Å². The average molecular weight is 428 g/mol. The van der Waals surface area contributed by atoms with Crippen LogP contribution in [0, 0.1) is 18.3 Å². The van der Waals surface area contributed by atoms with Crippen molar-refractivity contribution in [2.75, 3.05) is 19.5 Å². The number of carbonyl (C=O) groups excluding carboxylic acids is 1. The van der Waals surface area contributed by atoms with Crippen LogP contribution in [0.25, 0.3) is 6.08 Å². The molecule has 3 rings (SSSR count). The molecule has 0 saturated carbocycles. The SMILES string of the molecule is COc1ccc(OC)c(COc2ccc(/C=C(\C#N)C(=O)Nc3ccc(C)cc3)cc2)c1. The summed E-state index contributed by atoms with van der Waals surface area (Å²) in [5.74, 6) is 1.62. The molecular formula is C26H24N2O4. The lowest BCUT2D eigenvalue weighted by molar-refractivity contribution is -0.112. The molecule has 0 aliphatic heterocycles.